The second-order valence-corrected chi connectivity index (χ2v) is 8.36. The van der Waals surface area contributed by atoms with E-state index in [9.17, 15) is 14.4 Å². The molecule has 166 valence electrons. The van der Waals surface area contributed by atoms with Crippen LogP contribution in [0.5, 0.6) is 0 Å². The summed E-state index contributed by atoms with van der Waals surface area (Å²) in [5.41, 5.74) is 1.08. The molecule has 0 radical (unpaired) electrons. The van der Waals surface area contributed by atoms with Crippen LogP contribution in [-0.2, 0) is 22.6 Å². The highest BCUT2D eigenvalue weighted by Gasteiger charge is 2.30. The summed E-state index contributed by atoms with van der Waals surface area (Å²) >= 11 is 0. The molecule has 0 unspecified atom stereocenters. The number of imidazole rings is 1. The van der Waals surface area contributed by atoms with Gasteiger partial charge in [0.05, 0.1) is 18.8 Å². The summed E-state index contributed by atoms with van der Waals surface area (Å²) in [5, 5.41) is 5.08. The van der Waals surface area contributed by atoms with E-state index in [1.165, 1.54) is 7.05 Å². The molecule has 1 aromatic heterocycles. The zero-order valence-electron chi connectivity index (χ0n) is 18.4. The molecule has 31 heavy (non-hydrogen) atoms. The predicted molar refractivity (Wildman–Crippen MR) is 115 cm³/mol. The first-order chi connectivity index (χ1) is 14.7. The van der Waals surface area contributed by atoms with Crippen molar-refractivity contribution in [1.82, 2.24) is 25.1 Å². The maximum absolute atomic E-state index is 12.9. The number of carbonyl (C=O) groups excluding carboxylic acids is 3. The zero-order valence-corrected chi connectivity index (χ0v) is 18.4. The fourth-order valence-corrected chi connectivity index (χ4v) is 3.37. The topological polar surface area (TPSA) is 106 Å². The third-order valence-corrected chi connectivity index (χ3v) is 4.81. The highest BCUT2D eigenvalue weighted by atomic mass is 16.6. The molecule has 2 heterocycles. The normalized spacial score (nSPS) is 13.7. The third kappa shape index (κ3) is 5.42. The van der Waals surface area contributed by atoms with E-state index in [1.54, 1.807) is 4.90 Å². The lowest BCUT2D eigenvalue weighted by atomic mass is 10.2. The van der Waals surface area contributed by atoms with Gasteiger partial charge in [-0.3, -0.25) is 9.59 Å². The molecule has 0 bridgehead atoms. The Morgan fingerprint density at radius 2 is 1.84 bits per heavy atom. The number of ether oxygens (including phenoxy) is 1. The zero-order chi connectivity index (χ0) is 22.6. The minimum Gasteiger partial charge on any atom is -0.444 e. The van der Waals surface area contributed by atoms with Gasteiger partial charge in [-0.2, -0.15) is 0 Å². The average molecular weight is 428 g/mol. The van der Waals surface area contributed by atoms with E-state index in [2.05, 4.69) is 15.6 Å². The van der Waals surface area contributed by atoms with Gasteiger partial charge in [0.25, 0.3) is 5.91 Å². The lowest BCUT2D eigenvalue weighted by molar-refractivity contribution is -0.119. The Bertz CT molecular complexity index is 962. The van der Waals surface area contributed by atoms with E-state index in [1.807, 2.05) is 55.7 Å². The van der Waals surface area contributed by atoms with Crippen molar-refractivity contribution in [3.8, 4) is 11.4 Å². The Morgan fingerprint density at radius 1 is 1.13 bits per heavy atom. The van der Waals surface area contributed by atoms with Crippen molar-refractivity contribution in [2.75, 3.05) is 20.1 Å². The smallest absolute Gasteiger partial charge is 0.410 e. The van der Waals surface area contributed by atoms with Crippen LogP contribution in [0, 0.1) is 0 Å². The standard InChI is InChI=1S/C22H29N5O4/c1-22(2,3)31-21(30)26-11-8-12-27-16(14-26)18(20(29)24-13-17(28)23-4)25-19(27)15-9-6-5-7-10-15/h5-7,9-10H,8,11-14H2,1-4H3,(H,23,28)(H,24,29). The van der Waals surface area contributed by atoms with E-state index in [4.69, 9.17) is 4.74 Å². The maximum atomic E-state index is 12.9. The van der Waals surface area contributed by atoms with Gasteiger partial charge in [-0.05, 0) is 27.2 Å². The Kier molecular flexibility index (Phi) is 6.62. The molecule has 0 aliphatic carbocycles. The molecule has 1 aliphatic heterocycles. The summed E-state index contributed by atoms with van der Waals surface area (Å²) in [4.78, 5) is 43.4. The molecule has 2 aromatic rings. The van der Waals surface area contributed by atoms with Crippen LogP contribution in [0.4, 0.5) is 4.79 Å². The quantitative estimate of drug-likeness (QED) is 0.778. The number of likely N-dealkylation sites (N-methyl/N-ethyl adjacent to an activating group) is 1. The van der Waals surface area contributed by atoms with Gasteiger partial charge in [0.15, 0.2) is 5.69 Å². The van der Waals surface area contributed by atoms with Gasteiger partial charge >= 0.3 is 6.09 Å². The van der Waals surface area contributed by atoms with Gasteiger partial charge < -0.3 is 24.8 Å². The molecule has 9 nitrogen and oxygen atoms in total. The van der Waals surface area contributed by atoms with E-state index < -0.39 is 17.6 Å². The molecular weight excluding hydrogens is 398 g/mol. The Morgan fingerprint density at radius 3 is 2.48 bits per heavy atom. The third-order valence-electron chi connectivity index (χ3n) is 4.81. The van der Waals surface area contributed by atoms with Gasteiger partial charge in [-0.15, -0.1) is 0 Å². The molecule has 3 amide bonds. The van der Waals surface area contributed by atoms with Crippen LogP contribution in [0.1, 0.15) is 43.4 Å². The van der Waals surface area contributed by atoms with Crippen LogP contribution < -0.4 is 10.6 Å². The monoisotopic (exact) mass is 427 g/mol. The fraction of sp³-hybridized carbons (Fsp3) is 0.455. The number of carbonyl (C=O) groups is 3. The molecule has 0 atom stereocenters. The summed E-state index contributed by atoms with van der Waals surface area (Å²) in [6.07, 6.45) is 0.266. The van der Waals surface area contributed by atoms with Crippen molar-refractivity contribution in [3.05, 3.63) is 41.7 Å². The molecule has 2 N–H and O–H groups in total. The summed E-state index contributed by atoms with van der Waals surface area (Å²) in [5.74, 6) is -0.107. The molecule has 0 spiro atoms. The van der Waals surface area contributed by atoms with Crippen molar-refractivity contribution in [2.24, 2.45) is 0 Å². The number of hydrogen-bond acceptors (Lipinski definition) is 5. The van der Waals surface area contributed by atoms with Gasteiger partial charge in [0.1, 0.15) is 11.4 Å². The number of benzene rings is 1. The number of nitrogens with one attached hydrogen (secondary N) is 2. The minimum atomic E-state index is -0.619. The van der Waals surface area contributed by atoms with E-state index >= 15 is 0 Å². The summed E-state index contributed by atoms with van der Waals surface area (Å²) in [7, 11) is 1.50. The number of fused-ring (bicyclic) bond motifs is 1. The largest absolute Gasteiger partial charge is 0.444 e. The predicted octanol–water partition coefficient (Wildman–Crippen LogP) is 2.17. The number of nitrogens with zero attached hydrogens (tertiary/aromatic N) is 3. The van der Waals surface area contributed by atoms with Crippen LogP contribution in [0.2, 0.25) is 0 Å². The van der Waals surface area contributed by atoms with Crippen LogP contribution in [0.15, 0.2) is 30.3 Å². The van der Waals surface area contributed by atoms with E-state index in [0.717, 1.165) is 5.56 Å². The number of hydrogen-bond donors (Lipinski definition) is 2. The van der Waals surface area contributed by atoms with Crippen molar-refractivity contribution in [3.63, 3.8) is 0 Å². The molecular formula is C22H29N5O4. The summed E-state index contributed by atoms with van der Waals surface area (Å²) in [6, 6.07) is 9.59. The van der Waals surface area contributed by atoms with Gasteiger partial charge in [-0.1, -0.05) is 30.3 Å². The Balaban J connectivity index is 1.98. The summed E-state index contributed by atoms with van der Waals surface area (Å²) in [6.45, 7) is 6.60. The summed E-state index contributed by atoms with van der Waals surface area (Å²) < 4.78 is 7.52. The first kappa shape index (κ1) is 22.3. The molecule has 9 heteroatoms. The van der Waals surface area contributed by atoms with Gasteiger partial charge in [0.2, 0.25) is 5.91 Å². The number of aromatic nitrogens is 2. The average Bonchev–Trinajstić information content (AvgIpc) is 2.93. The van der Waals surface area contributed by atoms with Crippen molar-refractivity contribution in [1.29, 1.82) is 0 Å². The van der Waals surface area contributed by atoms with Crippen molar-refractivity contribution < 1.29 is 19.1 Å². The van der Waals surface area contributed by atoms with Crippen molar-refractivity contribution in [2.45, 2.75) is 45.9 Å². The van der Waals surface area contributed by atoms with Crippen LogP contribution in [0.3, 0.4) is 0 Å². The minimum absolute atomic E-state index is 0.155. The highest BCUT2D eigenvalue weighted by Crippen LogP contribution is 2.27. The van der Waals surface area contributed by atoms with Crippen molar-refractivity contribution >= 4 is 17.9 Å². The van der Waals surface area contributed by atoms with E-state index in [-0.39, 0.29) is 24.7 Å². The molecule has 1 aliphatic rings. The van der Waals surface area contributed by atoms with Gasteiger partial charge in [0, 0.05) is 25.7 Å². The van der Waals surface area contributed by atoms with E-state index in [0.29, 0.717) is 31.0 Å². The second-order valence-electron chi connectivity index (χ2n) is 8.36. The van der Waals surface area contributed by atoms with Gasteiger partial charge in [-0.25, -0.2) is 9.78 Å². The Labute approximate surface area is 181 Å². The number of rotatable bonds is 4. The molecule has 1 aromatic carbocycles. The maximum Gasteiger partial charge on any atom is 0.410 e. The van der Waals surface area contributed by atoms with Crippen LogP contribution >= 0.6 is 0 Å². The van der Waals surface area contributed by atoms with Crippen LogP contribution in [-0.4, -0.2) is 58.1 Å². The first-order valence-corrected chi connectivity index (χ1v) is 10.3. The highest BCUT2D eigenvalue weighted by molar-refractivity contribution is 5.96. The molecule has 0 saturated carbocycles. The Hall–Kier alpha value is -3.36. The molecule has 0 fully saturated rings. The molecule has 3 rings (SSSR count). The lowest BCUT2D eigenvalue weighted by Gasteiger charge is -2.26. The van der Waals surface area contributed by atoms with Crippen LogP contribution in [0.25, 0.3) is 11.4 Å². The lowest BCUT2D eigenvalue weighted by Crippen LogP contribution is -2.38. The SMILES string of the molecule is CNC(=O)CNC(=O)c1nc(-c2ccccc2)n2c1CN(C(=O)OC(C)(C)C)CCC2. The number of amides is 3. The molecule has 0 saturated heterocycles. The fourth-order valence-electron chi connectivity index (χ4n) is 3.37. The first-order valence-electron chi connectivity index (χ1n) is 10.3. The second kappa shape index (κ2) is 9.20.